The molecule has 1 aromatic carbocycles. The van der Waals surface area contributed by atoms with Crippen molar-refractivity contribution in [1.29, 1.82) is 0 Å². The maximum Gasteiger partial charge on any atom is 0.290 e. The van der Waals surface area contributed by atoms with Crippen molar-refractivity contribution >= 4 is 39.1 Å². The summed E-state index contributed by atoms with van der Waals surface area (Å²) >= 11 is 0. The van der Waals surface area contributed by atoms with Crippen molar-refractivity contribution in [3.8, 4) is 5.75 Å². The lowest BCUT2D eigenvalue weighted by Crippen LogP contribution is -2.27. The van der Waals surface area contributed by atoms with Crippen LogP contribution in [0.1, 0.15) is 5.56 Å². The van der Waals surface area contributed by atoms with E-state index in [9.17, 15) is 13.2 Å². The molecule has 2 aromatic heterocycles. The third-order valence-electron chi connectivity index (χ3n) is 4.15. The normalized spacial score (nSPS) is 12.9. The molecule has 3 aromatic rings. The highest BCUT2D eigenvalue weighted by Gasteiger charge is 2.29. The highest BCUT2D eigenvalue weighted by Crippen LogP contribution is 2.36. The minimum atomic E-state index is -3.96. The van der Waals surface area contributed by atoms with Gasteiger partial charge in [0.15, 0.2) is 12.4 Å². The van der Waals surface area contributed by atoms with E-state index in [0.29, 0.717) is 29.7 Å². The van der Waals surface area contributed by atoms with Crippen LogP contribution in [0.3, 0.4) is 0 Å². The van der Waals surface area contributed by atoms with Crippen LogP contribution in [-0.4, -0.2) is 48.0 Å². The molecular weight excluding hydrogens is 400 g/mol. The molecule has 4 N–H and O–H groups in total. The van der Waals surface area contributed by atoms with E-state index in [4.69, 9.17) is 20.4 Å². The van der Waals surface area contributed by atoms with Gasteiger partial charge in [0.2, 0.25) is 0 Å². The van der Waals surface area contributed by atoms with Gasteiger partial charge in [-0.1, -0.05) is 6.07 Å². The van der Waals surface area contributed by atoms with Crippen LogP contribution < -0.4 is 15.8 Å². The lowest BCUT2D eigenvalue weighted by molar-refractivity contribution is -0.123. The van der Waals surface area contributed by atoms with Gasteiger partial charge in [-0.15, -0.1) is 0 Å². The number of amides is 1. The fourth-order valence-corrected chi connectivity index (χ4v) is 4.57. The van der Waals surface area contributed by atoms with Gasteiger partial charge in [0.05, 0.1) is 16.7 Å². The maximum atomic E-state index is 13.3. The first-order chi connectivity index (χ1) is 13.9. The number of rotatable bonds is 4. The standard InChI is InChI=1S/C17H16N4O4S.CH2O2/c18-7-6-11-9-21(13-4-2-8-19-16(11)13)26(23,24)14-5-1-3-12-17(14)25-10-15(22)20-12;2-1-3/h1-5,8-9H,6-7,10,18H2,(H,20,22);1H,(H,2,3). The van der Waals surface area contributed by atoms with Gasteiger partial charge < -0.3 is 20.9 Å². The molecule has 4 rings (SSSR count). The fourth-order valence-electron chi connectivity index (χ4n) is 3.03. The molecule has 0 radical (unpaired) electrons. The van der Waals surface area contributed by atoms with Crippen LogP contribution in [0.15, 0.2) is 47.6 Å². The minimum absolute atomic E-state index is 0.0185. The van der Waals surface area contributed by atoms with Gasteiger partial charge >= 0.3 is 0 Å². The van der Waals surface area contributed by atoms with Gasteiger partial charge in [-0.2, -0.15) is 0 Å². The number of aromatic nitrogens is 2. The molecule has 0 bridgehead atoms. The Morgan fingerprint density at radius 2 is 2.07 bits per heavy atom. The van der Waals surface area contributed by atoms with Crippen LogP contribution in [0, 0.1) is 0 Å². The lowest BCUT2D eigenvalue weighted by atomic mass is 10.2. The number of hydrogen-bond donors (Lipinski definition) is 3. The number of carbonyl (C=O) groups excluding carboxylic acids is 1. The van der Waals surface area contributed by atoms with Crippen LogP contribution >= 0.6 is 0 Å². The topological polar surface area (TPSA) is 154 Å². The molecule has 10 nitrogen and oxygen atoms in total. The predicted octanol–water partition coefficient (Wildman–Crippen LogP) is 0.806. The van der Waals surface area contributed by atoms with E-state index in [0.717, 1.165) is 5.56 Å². The predicted molar refractivity (Wildman–Crippen MR) is 104 cm³/mol. The van der Waals surface area contributed by atoms with Gasteiger partial charge in [-0.3, -0.25) is 14.6 Å². The summed E-state index contributed by atoms with van der Waals surface area (Å²) in [5, 5.41) is 9.51. The number of nitrogens with one attached hydrogen (secondary N) is 1. The Hall–Kier alpha value is -3.44. The van der Waals surface area contributed by atoms with Crippen molar-refractivity contribution in [1.82, 2.24) is 8.96 Å². The Kier molecular flexibility index (Phi) is 5.80. The van der Waals surface area contributed by atoms with Gasteiger partial charge in [0.1, 0.15) is 4.90 Å². The molecule has 0 spiro atoms. The Morgan fingerprint density at radius 1 is 1.31 bits per heavy atom. The zero-order valence-corrected chi connectivity index (χ0v) is 15.9. The number of carbonyl (C=O) groups is 2. The molecule has 1 aliphatic rings. The number of ether oxygens (including phenoxy) is 1. The number of nitrogens with two attached hydrogens (primary N) is 1. The molecular formula is C18H18N4O6S. The van der Waals surface area contributed by atoms with Crippen LogP contribution in [0.5, 0.6) is 5.75 Å². The lowest BCUT2D eigenvalue weighted by Gasteiger charge is -2.20. The zero-order valence-electron chi connectivity index (χ0n) is 15.1. The molecule has 1 amide bonds. The van der Waals surface area contributed by atoms with Crippen LogP contribution in [-0.2, 0) is 26.0 Å². The Morgan fingerprint density at radius 3 is 2.79 bits per heavy atom. The van der Waals surface area contributed by atoms with Gasteiger partial charge in [0.25, 0.3) is 22.4 Å². The monoisotopic (exact) mass is 418 g/mol. The van der Waals surface area contributed by atoms with E-state index in [1.807, 2.05) is 0 Å². The summed E-state index contributed by atoms with van der Waals surface area (Å²) in [5.74, 6) is -0.189. The van der Waals surface area contributed by atoms with Crippen molar-refractivity contribution < 1.29 is 27.9 Å². The van der Waals surface area contributed by atoms with Crippen molar-refractivity contribution in [3.63, 3.8) is 0 Å². The first kappa shape index (κ1) is 20.3. The van der Waals surface area contributed by atoms with E-state index in [1.165, 1.54) is 10.0 Å². The van der Waals surface area contributed by atoms with E-state index in [1.54, 1.807) is 36.7 Å². The van der Waals surface area contributed by atoms with E-state index < -0.39 is 10.0 Å². The number of fused-ring (bicyclic) bond motifs is 2. The molecule has 11 heteroatoms. The number of carboxylic acid groups (broad SMARTS) is 1. The number of pyridine rings is 1. The van der Waals surface area contributed by atoms with Crippen LogP contribution in [0.25, 0.3) is 11.0 Å². The summed E-state index contributed by atoms with van der Waals surface area (Å²) in [6, 6.07) is 7.98. The summed E-state index contributed by atoms with van der Waals surface area (Å²) in [5.41, 5.74) is 7.79. The van der Waals surface area contributed by atoms with Crippen molar-refractivity contribution in [2.45, 2.75) is 11.3 Å². The molecule has 152 valence electrons. The average molecular weight is 418 g/mol. The number of anilines is 1. The molecule has 1 aliphatic heterocycles. The molecule has 0 atom stereocenters. The number of nitrogens with zero attached hydrogens (tertiary/aromatic N) is 2. The van der Waals surface area contributed by atoms with Gasteiger partial charge in [-0.25, -0.2) is 12.4 Å². The minimum Gasteiger partial charge on any atom is -0.483 e. The molecule has 0 saturated carbocycles. The summed E-state index contributed by atoms with van der Waals surface area (Å²) < 4.78 is 33.3. The Labute approximate surface area is 166 Å². The second kappa shape index (κ2) is 8.29. The summed E-state index contributed by atoms with van der Waals surface area (Å²) in [4.78, 5) is 24.1. The SMILES string of the molecule is NCCc1cn(S(=O)(=O)c2cccc3c2OCC(=O)N3)c2cccnc12.O=CO. The average Bonchev–Trinajstić information content (AvgIpc) is 3.08. The third kappa shape index (κ3) is 3.77. The van der Waals surface area contributed by atoms with Crippen molar-refractivity contribution in [2.75, 3.05) is 18.5 Å². The Balaban J connectivity index is 0.000000755. The van der Waals surface area contributed by atoms with E-state index in [-0.39, 0.29) is 29.6 Å². The largest absolute Gasteiger partial charge is 0.483 e. The smallest absolute Gasteiger partial charge is 0.290 e. The highest BCUT2D eigenvalue weighted by molar-refractivity contribution is 7.90. The molecule has 3 heterocycles. The fraction of sp³-hybridized carbons (Fsp3) is 0.167. The van der Waals surface area contributed by atoms with E-state index >= 15 is 0 Å². The van der Waals surface area contributed by atoms with Crippen molar-refractivity contribution in [3.05, 3.63) is 48.3 Å². The van der Waals surface area contributed by atoms with Crippen LogP contribution in [0.4, 0.5) is 5.69 Å². The summed E-state index contributed by atoms with van der Waals surface area (Å²) in [6.45, 7) is -0.0997. The third-order valence-corrected chi connectivity index (χ3v) is 5.85. The second-order valence-electron chi connectivity index (χ2n) is 5.94. The number of benzene rings is 1. The second-order valence-corrected chi connectivity index (χ2v) is 7.72. The molecule has 0 saturated heterocycles. The van der Waals surface area contributed by atoms with E-state index in [2.05, 4.69) is 10.3 Å². The molecule has 0 unspecified atom stereocenters. The quantitative estimate of drug-likeness (QED) is 0.526. The molecule has 29 heavy (non-hydrogen) atoms. The maximum absolute atomic E-state index is 13.3. The first-order valence-electron chi connectivity index (χ1n) is 8.48. The number of hydrogen-bond acceptors (Lipinski definition) is 7. The summed E-state index contributed by atoms with van der Waals surface area (Å²) in [6.07, 6.45) is 3.67. The molecule has 0 aliphatic carbocycles. The highest BCUT2D eigenvalue weighted by atomic mass is 32.2. The molecule has 0 fully saturated rings. The first-order valence-corrected chi connectivity index (χ1v) is 9.92. The van der Waals surface area contributed by atoms with Gasteiger partial charge in [0, 0.05) is 12.4 Å². The van der Waals surface area contributed by atoms with Crippen molar-refractivity contribution in [2.24, 2.45) is 5.73 Å². The number of para-hydroxylation sites is 1. The van der Waals surface area contributed by atoms with Crippen LogP contribution in [0.2, 0.25) is 0 Å². The Bertz CT molecular complexity index is 1170. The zero-order chi connectivity index (χ0) is 21.0. The summed E-state index contributed by atoms with van der Waals surface area (Å²) in [7, 11) is -3.96. The van der Waals surface area contributed by atoms with Gasteiger partial charge in [-0.05, 0) is 42.8 Å².